The standard InChI is InChI=1S/C20H19N3O/c1-15(21)22-20(24)14-23-18(16-8-4-2-5-9-16)12-13-19(23)17-10-6-3-7-11-17/h2-13H,14H2,1H3,(H2,21,22,24). The Balaban J connectivity index is 2.09. The molecular weight excluding hydrogens is 298 g/mol. The fourth-order valence-electron chi connectivity index (χ4n) is 2.73. The van der Waals surface area contributed by atoms with Gasteiger partial charge in [0.15, 0.2) is 0 Å². The first-order valence-corrected chi connectivity index (χ1v) is 7.79. The second-order valence-electron chi connectivity index (χ2n) is 5.57. The maximum Gasteiger partial charge on any atom is 0.267 e. The van der Waals surface area contributed by atoms with Crippen LogP contribution >= 0.6 is 0 Å². The van der Waals surface area contributed by atoms with Gasteiger partial charge in [-0.25, -0.2) is 0 Å². The first kappa shape index (κ1) is 15.7. The maximum absolute atomic E-state index is 12.2. The molecule has 3 rings (SSSR count). The summed E-state index contributed by atoms with van der Waals surface area (Å²) in [5, 5.41) is 0. The molecule has 4 nitrogen and oxygen atoms in total. The molecule has 1 amide bonds. The van der Waals surface area contributed by atoms with Crippen molar-refractivity contribution in [3.8, 4) is 22.5 Å². The normalized spacial score (nSPS) is 11.5. The van der Waals surface area contributed by atoms with E-state index in [2.05, 4.69) is 4.99 Å². The quantitative estimate of drug-likeness (QED) is 0.589. The molecule has 1 heterocycles. The molecule has 0 spiro atoms. The van der Waals surface area contributed by atoms with Gasteiger partial charge >= 0.3 is 0 Å². The van der Waals surface area contributed by atoms with Crippen LogP contribution in [0.25, 0.3) is 22.5 Å². The molecule has 0 saturated carbocycles. The minimum atomic E-state index is -0.263. The van der Waals surface area contributed by atoms with Gasteiger partial charge in [-0.2, -0.15) is 4.99 Å². The molecule has 120 valence electrons. The van der Waals surface area contributed by atoms with E-state index in [0.29, 0.717) is 0 Å². The van der Waals surface area contributed by atoms with Crippen molar-refractivity contribution >= 4 is 11.7 Å². The lowest BCUT2D eigenvalue weighted by molar-refractivity contribution is -0.118. The van der Waals surface area contributed by atoms with Gasteiger partial charge in [-0.05, 0) is 30.2 Å². The van der Waals surface area contributed by atoms with Gasteiger partial charge in [-0.1, -0.05) is 60.7 Å². The summed E-state index contributed by atoms with van der Waals surface area (Å²) in [7, 11) is 0. The van der Waals surface area contributed by atoms with E-state index >= 15 is 0 Å². The number of aliphatic imine (C=N–C) groups is 1. The highest BCUT2D eigenvalue weighted by atomic mass is 16.1. The summed E-state index contributed by atoms with van der Waals surface area (Å²) in [5.74, 6) is 0.00948. The zero-order chi connectivity index (χ0) is 16.9. The molecule has 0 atom stereocenters. The van der Waals surface area contributed by atoms with Gasteiger partial charge in [-0.15, -0.1) is 0 Å². The van der Waals surface area contributed by atoms with Crippen molar-refractivity contribution in [2.45, 2.75) is 13.5 Å². The molecule has 0 saturated heterocycles. The Morgan fingerprint density at radius 3 is 1.75 bits per heavy atom. The van der Waals surface area contributed by atoms with E-state index in [1.165, 1.54) is 0 Å². The van der Waals surface area contributed by atoms with Crippen LogP contribution < -0.4 is 5.73 Å². The highest BCUT2D eigenvalue weighted by Crippen LogP contribution is 2.29. The molecule has 24 heavy (non-hydrogen) atoms. The highest BCUT2D eigenvalue weighted by molar-refractivity contribution is 5.92. The molecule has 4 heteroatoms. The van der Waals surface area contributed by atoms with Crippen LogP contribution in [-0.4, -0.2) is 16.3 Å². The Morgan fingerprint density at radius 1 is 0.875 bits per heavy atom. The lowest BCUT2D eigenvalue weighted by Gasteiger charge is -2.12. The van der Waals surface area contributed by atoms with Crippen molar-refractivity contribution in [3.63, 3.8) is 0 Å². The Hall–Kier alpha value is -3.14. The fourth-order valence-corrected chi connectivity index (χ4v) is 2.73. The first-order valence-electron chi connectivity index (χ1n) is 7.79. The van der Waals surface area contributed by atoms with Crippen LogP contribution in [0.3, 0.4) is 0 Å². The summed E-state index contributed by atoms with van der Waals surface area (Å²) < 4.78 is 1.99. The molecule has 0 aliphatic carbocycles. The smallest absolute Gasteiger partial charge is 0.267 e. The van der Waals surface area contributed by atoms with Gasteiger partial charge < -0.3 is 10.3 Å². The number of carbonyl (C=O) groups is 1. The molecule has 3 aromatic rings. The number of nitrogens with two attached hydrogens (primary N) is 1. The molecule has 1 aromatic heterocycles. The van der Waals surface area contributed by atoms with Crippen LogP contribution in [0.4, 0.5) is 0 Å². The minimum Gasteiger partial charge on any atom is -0.387 e. The third kappa shape index (κ3) is 3.43. The number of benzene rings is 2. The SMILES string of the molecule is C/C(N)=N\C(=O)Cn1c(-c2ccccc2)ccc1-c1ccccc1. The van der Waals surface area contributed by atoms with Gasteiger partial charge in [0, 0.05) is 11.4 Å². The second kappa shape index (κ2) is 6.96. The largest absolute Gasteiger partial charge is 0.387 e. The van der Waals surface area contributed by atoms with Crippen molar-refractivity contribution in [1.82, 2.24) is 4.57 Å². The Morgan fingerprint density at radius 2 is 1.33 bits per heavy atom. The lowest BCUT2D eigenvalue weighted by atomic mass is 10.1. The summed E-state index contributed by atoms with van der Waals surface area (Å²) in [4.78, 5) is 16.1. The number of carbonyl (C=O) groups excluding carboxylic acids is 1. The molecule has 2 N–H and O–H groups in total. The van der Waals surface area contributed by atoms with Crippen LogP contribution in [0.15, 0.2) is 77.8 Å². The van der Waals surface area contributed by atoms with Crippen molar-refractivity contribution < 1.29 is 4.79 Å². The van der Waals surface area contributed by atoms with E-state index < -0.39 is 0 Å². The monoisotopic (exact) mass is 317 g/mol. The van der Waals surface area contributed by atoms with Gasteiger partial charge in [0.1, 0.15) is 6.54 Å². The van der Waals surface area contributed by atoms with Crippen LogP contribution in [-0.2, 0) is 11.3 Å². The highest BCUT2D eigenvalue weighted by Gasteiger charge is 2.14. The Bertz CT molecular complexity index is 803. The van der Waals surface area contributed by atoms with Crippen molar-refractivity contribution in [2.24, 2.45) is 10.7 Å². The zero-order valence-electron chi connectivity index (χ0n) is 13.5. The molecule has 0 aliphatic heterocycles. The van der Waals surface area contributed by atoms with Gasteiger partial charge in [-0.3, -0.25) is 4.79 Å². The van der Waals surface area contributed by atoms with Crippen molar-refractivity contribution in [3.05, 3.63) is 72.8 Å². The summed E-state index contributed by atoms with van der Waals surface area (Å²) in [5.41, 5.74) is 9.61. The number of hydrogen-bond donors (Lipinski definition) is 1. The summed E-state index contributed by atoms with van der Waals surface area (Å²) in [6.07, 6.45) is 0. The maximum atomic E-state index is 12.2. The molecule has 0 bridgehead atoms. The topological polar surface area (TPSA) is 60.4 Å². The minimum absolute atomic E-state index is 0.149. The van der Waals surface area contributed by atoms with Gasteiger partial charge in [0.25, 0.3) is 5.91 Å². The van der Waals surface area contributed by atoms with Crippen LogP contribution in [0.2, 0.25) is 0 Å². The number of amidine groups is 1. The van der Waals surface area contributed by atoms with Crippen molar-refractivity contribution in [1.29, 1.82) is 0 Å². The van der Waals surface area contributed by atoms with E-state index in [1.54, 1.807) is 6.92 Å². The van der Waals surface area contributed by atoms with Crippen LogP contribution in [0.1, 0.15) is 6.92 Å². The van der Waals surface area contributed by atoms with E-state index in [-0.39, 0.29) is 18.3 Å². The van der Waals surface area contributed by atoms with E-state index in [0.717, 1.165) is 22.5 Å². The summed E-state index contributed by atoms with van der Waals surface area (Å²) in [6.45, 7) is 1.76. The van der Waals surface area contributed by atoms with Gasteiger partial charge in [0.2, 0.25) is 0 Å². The number of aromatic nitrogens is 1. The van der Waals surface area contributed by atoms with E-state index in [4.69, 9.17) is 5.73 Å². The van der Waals surface area contributed by atoms with E-state index in [1.807, 2.05) is 77.4 Å². The molecule has 0 aliphatic rings. The Kier molecular flexibility index (Phi) is 4.57. The summed E-state index contributed by atoms with van der Waals surface area (Å²) >= 11 is 0. The third-order valence-corrected chi connectivity index (χ3v) is 3.71. The lowest BCUT2D eigenvalue weighted by Crippen LogP contribution is -2.15. The average Bonchev–Trinajstić information content (AvgIpc) is 2.99. The molecule has 0 radical (unpaired) electrons. The second-order valence-corrected chi connectivity index (χ2v) is 5.57. The zero-order valence-corrected chi connectivity index (χ0v) is 13.5. The predicted molar refractivity (Wildman–Crippen MR) is 97.6 cm³/mol. The number of hydrogen-bond acceptors (Lipinski definition) is 1. The van der Waals surface area contributed by atoms with Crippen LogP contribution in [0.5, 0.6) is 0 Å². The van der Waals surface area contributed by atoms with Crippen molar-refractivity contribution in [2.75, 3.05) is 0 Å². The third-order valence-electron chi connectivity index (χ3n) is 3.71. The molecule has 0 unspecified atom stereocenters. The Labute approximate surface area is 141 Å². The number of rotatable bonds is 4. The summed E-state index contributed by atoms with van der Waals surface area (Å²) in [6, 6.07) is 24.1. The van der Waals surface area contributed by atoms with Gasteiger partial charge in [0.05, 0.1) is 5.84 Å². The average molecular weight is 317 g/mol. The molecular formula is C20H19N3O. The van der Waals surface area contributed by atoms with E-state index in [9.17, 15) is 4.79 Å². The van der Waals surface area contributed by atoms with Crippen LogP contribution in [0, 0.1) is 0 Å². The molecule has 0 fully saturated rings. The first-order chi connectivity index (χ1) is 11.6. The fraction of sp³-hybridized carbons (Fsp3) is 0.100. The number of amides is 1. The molecule has 2 aromatic carbocycles. The predicted octanol–water partition coefficient (Wildman–Crippen LogP) is 3.73. The number of nitrogens with zero attached hydrogens (tertiary/aromatic N) is 2.